The van der Waals surface area contributed by atoms with Crippen LogP contribution in [-0.2, 0) is 0 Å². The third-order valence-electron chi connectivity index (χ3n) is 10.1. The lowest BCUT2D eigenvalue weighted by Gasteiger charge is -2.43. The van der Waals surface area contributed by atoms with Crippen LogP contribution in [0.15, 0.2) is 11.1 Å². The standard InChI is InChI=1S/C22H31N3O/c1-23-22(26)25-21-15-9-5-11-3-7-13(17(11)15)19(21)18-12-6-2-10-4-8-14(16(10)12)20(18)24-25/h10-17,20-21,24H,2-9H2,1H3,(H,23,26)/t10-,11+,12+,13+,14+,15-,16-,17+,20-,21-/m0/s1. The van der Waals surface area contributed by atoms with E-state index in [1.807, 2.05) is 5.57 Å². The first-order valence-electron chi connectivity index (χ1n) is 11.3. The van der Waals surface area contributed by atoms with Crippen LogP contribution in [0.1, 0.15) is 51.4 Å². The lowest BCUT2D eigenvalue weighted by molar-refractivity contribution is 0.0984. The Balaban J connectivity index is 1.42. The summed E-state index contributed by atoms with van der Waals surface area (Å²) >= 11 is 0. The average Bonchev–Trinajstić information content (AvgIpc) is 3.43. The molecule has 26 heavy (non-hydrogen) atoms. The molecule has 0 spiro atoms. The van der Waals surface area contributed by atoms with Crippen LogP contribution in [0.2, 0.25) is 0 Å². The Morgan fingerprint density at radius 1 is 0.885 bits per heavy atom. The fraction of sp³-hybridized carbons (Fsp3) is 0.864. The first-order chi connectivity index (χ1) is 12.8. The van der Waals surface area contributed by atoms with Crippen molar-refractivity contribution >= 4 is 6.03 Å². The number of nitrogens with one attached hydrogen (secondary N) is 2. The van der Waals surface area contributed by atoms with Crippen LogP contribution in [0.4, 0.5) is 4.79 Å². The van der Waals surface area contributed by atoms with Gasteiger partial charge in [0.15, 0.2) is 0 Å². The topological polar surface area (TPSA) is 44.4 Å². The molecule has 0 radical (unpaired) electrons. The Hall–Kier alpha value is -1.03. The summed E-state index contributed by atoms with van der Waals surface area (Å²) < 4.78 is 0. The number of hydrogen-bond donors (Lipinski definition) is 2. The molecule has 6 saturated carbocycles. The molecular weight excluding hydrogens is 322 g/mol. The summed E-state index contributed by atoms with van der Waals surface area (Å²) in [4.78, 5) is 12.9. The van der Waals surface area contributed by atoms with Gasteiger partial charge in [-0.05, 0) is 110 Å². The molecule has 1 aliphatic heterocycles. The Morgan fingerprint density at radius 3 is 2.23 bits per heavy atom. The van der Waals surface area contributed by atoms with Gasteiger partial charge in [0.05, 0.1) is 12.1 Å². The Labute approximate surface area is 156 Å². The molecule has 1 heterocycles. The second-order valence-corrected chi connectivity index (χ2v) is 10.4. The van der Waals surface area contributed by atoms with Gasteiger partial charge in [0.25, 0.3) is 0 Å². The van der Waals surface area contributed by atoms with Gasteiger partial charge in [-0.3, -0.25) is 5.01 Å². The Kier molecular flexibility index (Phi) is 2.80. The predicted octanol–water partition coefficient (Wildman–Crippen LogP) is 3.31. The SMILES string of the molecule is CNC(=O)N1N[C@@H]2C(=C3[C@@H]1[C@H]1CC[C@H]4CC[C@@H]3[C@@H]41)[C@@H]1CC[C@H]3CC[C@@H]2[C@@H]31. The molecule has 0 aromatic heterocycles. The minimum atomic E-state index is 0.0987. The van der Waals surface area contributed by atoms with Crippen molar-refractivity contribution < 1.29 is 4.79 Å². The van der Waals surface area contributed by atoms with Crippen LogP contribution in [0, 0.1) is 47.3 Å². The molecule has 6 fully saturated rings. The van der Waals surface area contributed by atoms with E-state index >= 15 is 0 Å². The number of urea groups is 1. The van der Waals surface area contributed by atoms with Crippen molar-refractivity contribution in [3.05, 3.63) is 11.1 Å². The minimum absolute atomic E-state index is 0.0987. The molecule has 0 unspecified atom stereocenters. The highest BCUT2D eigenvalue weighted by atomic mass is 16.2. The highest BCUT2D eigenvalue weighted by molar-refractivity contribution is 5.75. The summed E-state index contributed by atoms with van der Waals surface area (Å²) in [6.45, 7) is 0. The summed E-state index contributed by atoms with van der Waals surface area (Å²) in [6, 6.07) is 0.928. The van der Waals surface area contributed by atoms with Gasteiger partial charge >= 0.3 is 6.03 Å². The number of carbonyl (C=O) groups is 1. The predicted molar refractivity (Wildman–Crippen MR) is 98.9 cm³/mol. The first-order valence-corrected chi connectivity index (χ1v) is 11.3. The van der Waals surface area contributed by atoms with Crippen molar-refractivity contribution in [1.29, 1.82) is 0 Å². The van der Waals surface area contributed by atoms with Crippen molar-refractivity contribution in [2.75, 3.05) is 7.05 Å². The van der Waals surface area contributed by atoms with Gasteiger partial charge in [-0.25, -0.2) is 10.2 Å². The number of amides is 2. The number of hydrogen-bond acceptors (Lipinski definition) is 2. The number of carbonyl (C=O) groups excluding carboxylic acids is 1. The van der Waals surface area contributed by atoms with Gasteiger partial charge in [-0.1, -0.05) is 0 Å². The van der Waals surface area contributed by atoms with Crippen LogP contribution < -0.4 is 10.7 Å². The van der Waals surface area contributed by atoms with Gasteiger partial charge in [0, 0.05) is 7.05 Å². The highest BCUT2D eigenvalue weighted by Crippen LogP contribution is 2.68. The maximum atomic E-state index is 12.9. The molecule has 140 valence electrons. The van der Waals surface area contributed by atoms with Crippen molar-refractivity contribution in [2.45, 2.75) is 63.5 Å². The second-order valence-electron chi connectivity index (χ2n) is 10.4. The normalized spacial score (nSPS) is 55.2. The van der Waals surface area contributed by atoms with Crippen molar-refractivity contribution in [2.24, 2.45) is 47.3 Å². The highest BCUT2D eigenvalue weighted by Gasteiger charge is 2.65. The third-order valence-corrected chi connectivity index (χ3v) is 10.1. The van der Waals surface area contributed by atoms with E-state index in [2.05, 4.69) is 15.8 Å². The van der Waals surface area contributed by atoms with E-state index in [1.165, 1.54) is 51.4 Å². The lowest BCUT2D eigenvalue weighted by atomic mass is 9.83. The fourth-order valence-corrected chi connectivity index (χ4v) is 9.59. The van der Waals surface area contributed by atoms with E-state index in [4.69, 9.17) is 0 Å². The lowest BCUT2D eigenvalue weighted by Crippen LogP contribution is -2.61. The minimum Gasteiger partial charge on any atom is -0.340 e. The van der Waals surface area contributed by atoms with E-state index in [-0.39, 0.29) is 6.03 Å². The molecule has 0 saturated heterocycles. The van der Waals surface area contributed by atoms with E-state index in [0.717, 1.165) is 47.3 Å². The van der Waals surface area contributed by atoms with E-state index in [9.17, 15) is 4.79 Å². The molecule has 10 atom stereocenters. The summed E-state index contributed by atoms with van der Waals surface area (Å²) in [7, 11) is 1.80. The number of fused-ring (bicyclic) bond motifs is 6. The quantitative estimate of drug-likeness (QED) is 0.656. The molecule has 0 bridgehead atoms. The van der Waals surface area contributed by atoms with Gasteiger partial charge in [-0.2, -0.15) is 0 Å². The van der Waals surface area contributed by atoms with Crippen molar-refractivity contribution in [3.8, 4) is 0 Å². The smallest absolute Gasteiger partial charge is 0.332 e. The average molecular weight is 354 g/mol. The van der Waals surface area contributed by atoms with E-state index < -0.39 is 0 Å². The Morgan fingerprint density at radius 2 is 1.50 bits per heavy atom. The molecule has 2 N–H and O–H groups in total. The molecular formula is C22H31N3O. The van der Waals surface area contributed by atoms with Crippen LogP contribution in [0.3, 0.4) is 0 Å². The summed E-state index contributed by atoms with van der Waals surface area (Å²) in [6.07, 6.45) is 11.3. The van der Waals surface area contributed by atoms with Crippen LogP contribution in [0.5, 0.6) is 0 Å². The zero-order valence-corrected chi connectivity index (χ0v) is 15.8. The van der Waals surface area contributed by atoms with Crippen molar-refractivity contribution in [3.63, 3.8) is 0 Å². The van der Waals surface area contributed by atoms with Crippen LogP contribution in [-0.4, -0.2) is 30.2 Å². The monoisotopic (exact) mass is 353 g/mol. The van der Waals surface area contributed by atoms with Crippen LogP contribution in [0.25, 0.3) is 0 Å². The Bertz CT molecular complexity index is 716. The van der Waals surface area contributed by atoms with Gasteiger partial charge < -0.3 is 5.32 Å². The van der Waals surface area contributed by atoms with Gasteiger partial charge in [0.2, 0.25) is 0 Å². The summed E-state index contributed by atoms with van der Waals surface area (Å²) in [5.74, 6) is 6.92. The fourth-order valence-electron chi connectivity index (χ4n) is 9.59. The molecule has 7 rings (SSSR count). The maximum Gasteiger partial charge on any atom is 0.332 e. The summed E-state index contributed by atoms with van der Waals surface area (Å²) in [5, 5.41) is 5.03. The van der Waals surface area contributed by atoms with E-state index in [1.54, 1.807) is 12.6 Å². The maximum absolute atomic E-state index is 12.9. The number of nitrogens with zero attached hydrogens (tertiary/aromatic N) is 1. The van der Waals surface area contributed by atoms with Crippen molar-refractivity contribution in [1.82, 2.24) is 15.8 Å². The molecule has 4 nitrogen and oxygen atoms in total. The van der Waals surface area contributed by atoms with Crippen LogP contribution >= 0.6 is 0 Å². The third kappa shape index (κ3) is 1.54. The van der Waals surface area contributed by atoms with Gasteiger partial charge in [-0.15, -0.1) is 0 Å². The molecule has 6 aliphatic carbocycles. The van der Waals surface area contributed by atoms with Gasteiger partial charge in [0.1, 0.15) is 0 Å². The summed E-state index contributed by atoms with van der Waals surface area (Å²) in [5.41, 5.74) is 7.46. The van der Waals surface area contributed by atoms with E-state index in [0.29, 0.717) is 12.1 Å². The molecule has 0 aromatic carbocycles. The zero-order valence-electron chi connectivity index (χ0n) is 15.8. The molecule has 0 aromatic rings. The largest absolute Gasteiger partial charge is 0.340 e. The number of rotatable bonds is 0. The molecule has 2 amide bonds. The molecule has 4 heteroatoms. The first kappa shape index (κ1) is 15.0. The number of hydrazine groups is 1. The second kappa shape index (κ2) is 4.87. The zero-order chi connectivity index (χ0) is 17.2. The molecule has 7 aliphatic rings.